The van der Waals surface area contributed by atoms with Gasteiger partial charge in [0.25, 0.3) is 0 Å². The van der Waals surface area contributed by atoms with Gasteiger partial charge in [0, 0.05) is 22.7 Å². The van der Waals surface area contributed by atoms with Gasteiger partial charge in [-0.05, 0) is 30.4 Å². The molecule has 5 nitrogen and oxygen atoms in total. The van der Waals surface area contributed by atoms with Gasteiger partial charge >= 0.3 is 0 Å². The zero-order valence-corrected chi connectivity index (χ0v) is 13.9. The number of fused-ring (bicyclic) bond motifs is 1. The second-order valence-electron chi connectivity index (χ2n) is 5.19. The molecule has 3 aromatic rings. The molecule has 6 heteroatoms. The van der Waals surface area contributed by atoms with Crippen molar-refractivity contribution in [3.05, 3.63) is 66.4 Å². The molecule has 3 N–H and O–H groups in total. The first-order valence-electron chi connectivity index (χ1n) is 7.58. The first-order chi connectivity index (χ1) is 11.7. The Morgan fingerprint density at radius 3 is 2.71 bits per heavy atom. The van der Waals surface area contributed by atoms with Crippen LogP contribution in [0.15, 0.2) is 65.9 Å². The molecular weight excluding hydrogens is 320 g/mol. The van der Waals surface area contributed by atoms with E-state index in [4.69, 9.17) is 22.7 Å². The quantitative estimate of drug-likeness (QED) is 0.412. The highest BCUT2D eigenvalue weighted by molar-refractivity contribution is 7.80. The van der Waals surface area contributed by atoms with E-state index in [1.165, 1.54) is 0 Å². The van der Waals surface area contributed by atoms with E-state index in [0.29, 0.717) is 6.61 Å². The average Bonchev–Trinajstić information content (AvgIpc) is 2.94. The summed E-state index contributed by atoms with van der Waals surface area (Å²) in [5.74, 6) is 0.872. The van der Waals surface area contributed by atoms with E-state index >= 15 is 0 Å². The zero-order chi connectivity index (χ0) is 16.8. The van der Waals surface area contributed by atoms with Crippen LogP contribution in [0.1, 0.15) is 5.56 Å². The van der Waals surface area contributed by atoms with E-state index in [9.17, 15) is 0 Å². The van der Waals surface area contributed by atoms with Gasteiger partial charge in [0.1, 0.15) is 12.4 Å². The lowest BCUT2D eigenvalue weighted by molar-refractivity contribution is 0.300. The molecule has 1 heterocycles. The van der Waals surface area contributed by atoms with Crippen LogP contribution in [0.2, 0.25) is 0 Å². The van der Waals surface area contributed by atoms with Gasteiger partial charge in [-0.2, -0.15) is 5.10 Å². The second kappa shape index (κ2) is 7.61. The third kappa shape index (κ3) is 3.91. The monoisotopic (exact) mass is 338 g/mol. The molecule has 1 aromatic heterocycles. The molecule has 3 rings (SSSR count). The molecule has 0 saturated carbocycles. The Morgan fingerprint density at radius 1 is 1.17 bits per heavy atom. The third-order valence-corrected chi connectivity index (χ3v) is 3.63. The van der Waals surface area contributed by atoms with Crippen molar-refractivity contribution in [3.63, 3.8) is 0 Å². The fourth-order valence-electron chi connectivity index (χ4n) is 2.51. The van der Waals surface area contributed by atoms with Gasteiger partial charge in [-0.3, -0.25) is 5.43 Å². The standard InChI is InChI=1S/C18H18N4OS/c19-18(24)21-20-12-14-13-22(17-9-5-4-8-16(14)17)10-11-23-15-6-2-1-3-7-15/h1-9,12-13H,10-11H2,(H3,19,21,24)/b20-12-. The summed E-state index contributed by atoms with van der Waals surface area (Å²) in [5, 5.41) is 5.31. The normalized spacial score (nSPS) is 11.0. The number of hydrogen-bond acceptors (Lipinski definition) is 3. The van der Waals surface area contributed by atoms with E-state index in [1.54, 1.807) is 6.21 Å². The summed E-state index contributed by atoms with van der Waals surface area (Å²) in [5.41, 5.74) is 10.1. The molecule has 0 saturated heterocycles. The highest BCUT2D eigenvalue weighted by Gasteiger charge is 2.06. The smallest absolute Gasteiger partial charge is 0.184 e. The van der Waals surface area contributed by atoms with Crippen LogP contribution in [0.25, 0.3) is 10.9 Å². The van der Waals surface area contributed by atoms with Crippen LogP contribution in [-0.2, 0) is 6.54 Å². The van der Waals surface area contributed by atoms with Crippen molar-refractivity contribution in [2.24, 2.45) is 10.8 Å². The van der Waals surface area contributed by atoms with Gasteiger partial charge in [0.15, 0.2) is 5.11 Å². The van der Waals surface area contributed by atoms with Crippen molar-refractivity contribution >= 4 is 34.4 Å². The van der Waals surface area contributed by atoms with Crippen LogP contribution >= 0.6 is 12.2 Å². The molecule has 122 valence electrons. The predicted molar refractivity (Wildman–Crippen MR) is 101 cm³/mol. The summed E-state index contributed by atoms with van der Waals surface area (Å²) in [6, 6.07) is 18.0. The summed E-state index contributed by atoms with van der Waals surface area (Å²) in [4.78, 5) is 0. The van der Waals surface area contributed by atoms with Crippen molar-refractivity contribution in [1.82, 2.24) is 9.99 Å². The van der Waals surface area contributed by atoms with Crippen molar-refractivity contribution in [2.75, 3.05) is 6.61 Å². The second-order valence-corrected chi connectivity index (χ2v) is 5.63. The summed E-state index contributed by atoms with van der Waals surface area (Å²) >= 11 is 4.75. The largest absolute Gasteiger partial charge is 0.492 e. The van der Waals surface area contributed by atoms with Gasteiger partial charge in [-0.1, -0.05) is 36.4 Å². The molecule has 0 atom stereocenters. The summed E-state index contributed by atoms with van der Waals surface area (Å²) < 4.78 is 7.93. The van der Waals surface area contributed by atoms with Gasteiger partial charge in [-0.25, -0.2) is 0 Å². The lowest BCUT2D eigenvalue weighted by Gasteiger charge is -2.08. The molecule has 0 bridgehead atoms. The van der Waals surface area contributed by atoms with Crippen LogP contribution in [0, 0.1) is 0 Å². The maximum absolute atomic E-state index is 5.78. The Morgan fingerprint density at radius 2 is 1.92 bits per heavy atom. The van der Waals surface area contributed by atoms with Crippen molar-refractivity contribution in [1.29, 1.82) is 0 Å². The van der Waals surface area contributed by atoms with Gasteiger partial charge < -0.3 is 15.0 Å². The number of nitrogens with two attached hydrogens (primary N) is 1. The SMILES string of the molecule is NC(=S)N/N=C\c1cn(CCOc2ccccc2)c2ccccc12. The molecule has 0 amide bonds. The zero-order valence-electron chi connectivity index (χ0n) is 13.1. The minimum absolute atomic E-state index is 0.145. The van der Waals surface area contributed by atoms with Crippen LogP contribution < -0.4 is 15.9 Å². The van der Waals surface area contributed by atoms with E-state index in [-0.39, 0.29) is 5.11 Å². The van der Waals surface area contributed by atoms with E-state index in [0.717, 1.165) is 28.8 Å². The number of hydrazone groups is 1. The number of nitrogens with one attached hydrogen (secondary N) is 1. The maximum Gasteiger partial charge on any atom is 0.184 e. The van der Waals surface area contributed by atoms with E-state index < -0.39 is 0 Å². The minimum Gasteiger partial charge on any atom is -0.492 e. The lowest BCUT2D eigenvalue weighted by atomic mass is 10.2. The number of para-hydroxylation sites is 2. The Bertz CT molecular complexity index is 858. The first-order valence-corrected chi connectivity index (χ1v) is 7.99. The maximum atomic E-state index is 5.78. The molecule has 0 spiro atoms. The number of rotatable bonds is 6. The summed E-state index contributed by atoms with van der Waals surface area (Å²) in [6.45, 7) is 1.33. The third-order valence-electron chi connectivity index (χ3n) is 3.54. The lowest BCUT2D eigenvalue weighted by Crippen LogP contribution is -2.23. The number of benzene rings is 2. The Labute approximate surface area is 145 Å². The number of nitrogens with zero attached hydrogens (tertiary/aromatic N) is 2. The molecule has 0 unspecified atom stereocenters. The van der Waals surface area contributed by atoms with Gasteiger partial charge in [-0.15, -0.1) is 0 Å². The molecule has 2 aromatic carbocycles. The van der Waals surface area contributed by atoms with Crippen LogP contribution in [-0.4, -0.2) is 22.5 Å². The molecule has 0 radical (unpaired) electrons. The van der Waals surface area contributed by atoms with Crippen molar-refractivity contribution in [3.8, 4) is 5.75 Å². The van der Waals surface area contributed by atoms with Crippen molar-refractivity contribution < 1.29 is 4.74 Å². The van der Waals surface area contributed by atoms with E-state index in [2.05, 4.69) is 27.2 Å². The Kier molecular flexibility index (Phi) is 5.08. The Hall–Kier alpha value is -2.86. The number of hydrogen-bond donors (Lipinski definition) is 2. The first kappa shape index (κ1) is 16.0. The van der Waals surface area contributed by atoms with Crippen molar-refractivity contribution in [2.45, 2.75) is 6.54 Å². The highest BCUT2D eigenvalue weighted by Crippen LogP contribution is 2.20. The van der Waals surface area contributed by atoms with Gasteiger partial charge in [0.2, 0.25) is 0 Å². The van der Waals surface area contributed by atoms with Crippen LogP contribution in [0.3, 0.4) is 0 Å². The fraction of sp³-hybridized carbons (Fsp3) is 0.111. The fourth-order valence-corrected chi connectivity index (χ4v) is 2.56. The molecule has 0 aliphatic rings. The number of ether oxygens (including phenoxy) is 1. The molecule has 0 aliphatic carbocycles. The molecule has 24 heavy (non-hydrogen) atoms. The summed E-state index contributed by atoms with van der Waals surface area (Å²) in [6.07, 6.45) is 3.76. The predicted octanol–water partition coefficient (Wildman–Crippen LogP) is 2.89. The van der Waals surface area contributed by atoms with Gasteiger partial charge in [0.05, 0.1) is 12.8 Å². The van der Waals surface area contributed by atoms with E-state index in [1.807, 2.05) is 48.7 Å². The average molecular weight is 338 g/mol. The topological polar surface area (TPSA) is 64.6 Å². The van der Waals surface area contributed by atoms with Crippen LogP contribution in [0.4, 0.5) is 0 Å². The minimum atomic E-state index is 0.145. The molecule has 0 fully saturated rings. The molecule has 0 aliphatic heterocycles. The highest BCUT2D eigenvalue weighted by atomic mass is 32.1. The van der Waals surface area contributed by atoms with Crippen LogP contribution in [0.5, 0.6) is 5.75 Å². The Balaban J connectivity index is 1.75. The summed E-state index contributed by atoms with van der Waals surface area (Å²) in [7, 11) is 0. The molecular formula is C18H18N4OS. The number of aromatic nitrogens is 1. The number of thiocarbonyl (C=S) groups is 1.